The predicted octanol–water partition coefficient (Wildman–Crippen LogP) is 4.24. The van der Waals surface area contributed by atoms with E-state index in [0.29, 0.717) is 11.8 Å². The molecule has 0 amide bonds. The average molecular weight is 256 g/mol. The van der Waals surface area contributed by atoms with Crippen LogP contribution in [0.1, 0.15) is 44.4 Å². The van der Waals surface area contributed by atoms with Gasteiger partial charge in [0, 0.05) is 17.4 Å². The Morgan fingerprint density at radius 2 is 1.45 bits per heavy atom. The Morgan fingerprint density at radius 1 is 0.750 bits per heavy atom. The molecule has 0 aliphatic heterocycles. The molecule has 3 aromatic rings. The van der Waals surface area contributed by atoms with Gasteiger partial charge in [-0.2, -0.15) is 0 Å². The number of hydrogen-bond donors (Lipinski definition) is 0. The molecule has 2 aliphatic rings. The molecule has 5 rings (SSSR count). The van der Waals surface area contributed by atoms with Gasteiger partial charge < -0.3 is 0 Å². The molecule has 0 bridgehead atoms. The molecule has 1 nitrogen and oxygen atoms in total. The summed E-state index contributed by atoms with van der Waals surface area (Å²) in [5.41, 5.74) is 6.39. The molecule has 0 saturated heterocycles. The number of carbonyl (C=O) groups is 1. The zero-order valence-corrected chi connectivity index (χ0v) is 10.8. The first-order chi connectivity index (χ1) is 9.88. The summed E-state index contributed by atoms with van der Waals surface area (Å²) in [5.74, 6) is 0.942. The Kier molecular flexibility index (Phi) is 1.75. The number of benzene rings is 3. The van der Waals surface area contributed by atoms with Gasteiger partial charge in [-0.1, -0.05) is 48.5 Å². The van der Waals surface area contributed by atoms with Crippen molar-refractivity contribution < 1.29 is 4.79 Å². The molecule has 0 fully saturated rings. The standard InChI is InChI=1S/C19H12O/c20-10-11-7-8-13-16(9-11)19-15-6-2-4-12-3-1-5-14(17(12)15)18(13)19/h1-10,18-19H. The van der Waals surface area contributed by atoms with E-state index in [1.165, 1.54) is 33.0 Å². The Bertz CT molecular complexity index is 886. The van der Waals surface area contributed by atoms with Crippen LogP contribution in [0.5, 0.6) is 0 Å². The molecule has 0 N–H and O–H groups in total. The van der Waals surface area contributed by atoms with Crippen LogP contribution in [0.25, 0.3) is 10.8 Å². The second kappa shape index (κ2) is 3.37. The molecule has 0 heterocycles. The monoisotopic (exact) mass is 256 g/mol. The summed E-state index contributed by atoms with van der Waals surface area (Å²) < 4.78 is 0. The molecule has 2 atom stereocenters. The molecule has 0 aromatic heterocycles. The summed E-state index contributed by atoms with van der Waals surface area (Å²) in [5, 5.41) is 2.75. The third-order valence-corrected chi connectivity index (χ3v) is 4.89. The number of rotatable bonds is 1. The lowest BCUT2D eigenvalue weighted by Crippen LogP contribution is -2.22. The normalized spacial score (nSPS) is 21.2. The Hall–Kier alpha value is -2.41. The Balaban J connectivity index is 1.85. The quantitative estimate of drug-likeness (QED) is 0.595. The van der Waals surface area contributed by atoms with E-state index in [1.807, 2.05) is 6.07 Å². The van der Waals surface area contributed by atoms with E-state index in [0.717, 1.165) is 11.8 Å². The van der Waals surface area contributed by atoms with E-state index >= 15 is 0 Å². The summed E-state index contributed by atoms with van der Waals surface area (Å²) in [6.45, 7) is 0. The van der Waals surface area contributed by atoms with Crippen LogP contribution in [0.3, 0.4) is 0 Å². The second-order valence-electron chi connectivity index (χ2n) is 5.75. The van der Waals surface area contributed by atoms with Crippen LogP contribution in [0, 0.1) is 0 Å². The molecular formula is C19H12O. The van der Waals surface area contributed by atoms with Gasteiger partial charge in [-0.05, 0) is 39.1 Å². The maximum absolute atomic E-state index is 11.0. The van der Waals surface area contributed by atoms with Crippen LogP contribution < -0.4 is 0 Å². The van der Waals surface area contributed by atoms with Crippen molar-refractivity contribution in [1.29, 1.82) is 0 Å². The van der Waals surface area contributed by atoms with Gasteiger partial charge in [0.25, 0.3) is 0 Å². The fourth-order valence-corrected chi connectivity index (χ4v) is 4.09. The second-order valence-corrected chi connectivity index (χ2v) is 5.75. The van der Waals surface area contributed by atoms with E-state index in [1.54, 1.807) is 0 Å². The fourth-order valence-electron chi connectivity index (χ4n) is 4.09. The number of fused-ring (bicyclic) bond motifs is 6. The minimum absolute atomic E-state index is 0.450. The lowest BCUT2D eigenvalue weighted by atomic mass is 9.66. The minimum Gasteiger partial charge on any atom is -0.298 e. The predicted molar refractivity (Wildman–Crippen MR) is 79.5 cm³/mol. The molecule has 2 aliphatic carbocycles. The SMILES string of the molecule is O=Cc1ccc2c(c1)C1c3cccc4cccc(c34)C21. The molecule has 94 valence electrons. The molecule has 3 aromatic carbocycles. The molecular weight excluding hydrogens is 244 g/mol. The third-order valence-electron chi connectivity index (χ3n) is 4.89. The van der Waals surface area contributed by atoms with Gasteiger partial charge in [0.2, 0.25) is 0 Å². The number of carbonyl (C=O) groups excluding carboxylic acids is 1. The maximum atomic E-state index is 11.0. The van der Waals surface area contributed by atoms with Crippen molar-refractivity contribution in [1.82, 2.24) is 0 Å². The number of hydrogen-bond acceptors (Lipinski definition) is 1. The van der Waals surface area contributed by atoms with Crippen LogP contribution in [0.15, 0.2) is 54.6 Å². The number of aldehydes is 1. The van der Waals surface area contributed by atoms with E-state index in [9.17, 15) is 4.79 Å². The van der Waals surface area contributed by atoms with Crippen molar-refractivity contribution in [3.8, 4) is 0 Å². The first kappa shape index (κ1) is 10.4. The van der Waals surface area contributed by atoms with Crippen molar-refractivity contribution >= 4 is 17.1 Å². The summed E-state index contributed by atoms with van der Waals surface area (Å²) in [6.07, 6.45) is 0.941. The summed E-state index contributed by atoms with van der Waals surface area (Å²) >= 11 is 0. The molecule has 1 heteroatoms. The summed E-state index contributed by atoms with van der Waals surface area (Å²) in [4.78, 5) is 11.0. The third kappa shape index (κ3) is 1.04. The van der Waals surface area contributed by atoms with Gasteiger partial charge in [0.15, 0.2) is 0 Å². The highest BCUT2D eigenvalue weighted by atomic mass is 16.1. The van der Waals surface area contributed by atoms with Gasteiger partial charge in [0.05, 0.1) is 0 Å². The highest BCUT2D eigenvalue weighted by molar-refractivity contribution is 5.95. The first-order valence-corrected chi connectivity index (χ1v) is 6.99. The highest BCUT2D eigenvalue weighted by Crippen LogP contribution is 2.60. The van der Waals surface area contributed by atoms with Gasteiger partial charge >= 0.3 is 0 Å². The smallest absolute Gasteiger partial charge is 0.150 e. The fraction of sp³-hybridized carbons (Fsp3) is 0.105. The average Bonchev–Trinajstić information content (AvgIpc) is 2.76. The van der Waals surface area contributed by atoms with Gasteiger partial charge in [0.1, 0.15) is 6.29 Å². The van der Waals surface area contributed by atoms with Gasteiger partial charge in [-0.25, -0.2) is 0 Å². The summed E-state index contributed by atoms with van der Waals surface area (Å²) in [7, 11) is 0. The van der Waals surface area contributed by atoms with Crippen LogP contribution in [-0.2, 0) is 0 Å². The van der Waals surface area contributed by atoms with Crippen LogP contribution in [0.4, 0.5) is 0 Å². The van der Waals surface area contributed by atoms with Crippen molar-refractivity contribution in [2.75, 3.05) is 0 Å². The highest BCUT2D eigenvalue weighted by Gasteiger charge is 2.45. The largest absolute Gasteiger partial charge is 0.298 e. The van der Waals surface area contributed by atoms with Gasteiger partial charge in [-0.15, -0.1) is 0 Å². The lowest BCUT2D eigenvalue weighted by Gasteiger charge is -2.36. The minimum atomic E-state index is 0.450. The molecule has 2 unspecified atom stereocenters. The molecule has 0 saturated carbocycles. The molecule has 0 radical (unpaired) electrons. The lowest BCUT2D eigenvalue weighted by molar-refractivity contribution is 0.112. The van der Waals surface area contributed by atoms with Gasteiger partial charge in [-0.3, -0.25) is 4.79 Å². The van der Waals surface area contributed by atoms with Crippen molar-refractivity contribution in [3.05, 3.63) is 82.4 Å². The van der Waals surface area contributed by atoms with Crippen LogP contribution in [-0.4, -0.2) is 6.29 Å². The van der Waals surface area contributed by atoms with Crippen molar-refractivity contribution in [2.24, 2.45) is 0 Å². The van der Waals surface area contributed by atoms with E-state index in [-0.39, 0.29) is 0 Å². The Labute approximate surface area is 116 Å². The first-order valence-electron chi connectivity index (χ1n) is 6.99. The van der Waals surface area contributed by atoms with Crippen LogP contribution >= 0.6 is 0 Å². The zero-order valence-electron chi connectivity index (χ0n) is 10.8. The van der Waals surface area contributed by atoms with Crippen molar-refractivity contribution in [2.45, 2.75) is 11.8 Å². The van der Waals surface area contributed by atoms with E-state index < -0.39 is 0 Å². The maximum Gasteiger partial charge on any atom is 0.150 e. The Morgan fingerprint density at radius 3 is 2.15 bits per heavy atom. The zero-order chi connectivity index (χ0) is 13.3. The molecule has 0 spiro atoms. The van der Waals surface area contributed by atoms with Crippen LogP contribution in [0.2, 0.25) is 0 Å². The molecule has 20 heavy (non-hydrogen) atoms. The van der Waals surface area contributed by atoms with E-state index in [2.05, 4.69) is 48.5 Å². The van der Waals surface area contributed by atoms with Crippen molar-refractivity contribution in [3.63, 3.8) is 0 Å². The topological polar surface area (TPSA) is 17.1 Å². The van der Waals surface area contributed by atoms with E-state index in [4.69, 9.17) is 0 Å². The summed E-state index contributed by atoms with van der Waals surface area (Å²) in [6, 6.07) is 19.3.